The predicted molar refractivity (Wildman–Crippen MR) is 113 cm³/mol. The van der Waals surface area contributed by atoms with Crippen LogP contribution < -0.4 is 10.2 Å². The number of carbonyl (C=O) groups excluding carboxylic acids is 1. The number of aryl methyl sites for hydroxylation is 2. The lowest BCUT2D eigenvalue weighted by Gasteiger charge is -2.27. The summed E-state index contributed by atoms with van der Waals surface area (Å²) >= 11 is 1.96. The van der Waals surface area contributed by atoms with Crippen molar-refractivity contribution < 1.29 is 4.79 Å². The van der Waals surface area contributed by atoms with E-state index < -0.39 is 0 Å². The van der Waals surface area contributed by atoms with Crippen molar-refractivity contribution in [2.75, 3.05) is 34.8 Å². The second kappa shape index (κ2) is 8.02. The van der Waals surface area contributed by atoms with Crippen LogP contribution in [-0.4, -0.2) is 50.0 Å². The first-order chi connectivity index (χ1) is 13.6. The Morgan fingerprint density at radius 2 is 1.86 bits per heavy atom. The molecule has 0 unspecified atom stereocenters. The molecule has 7 nitrogen and oxygen atoms in total. The van der Waals surface area contributed by atoms with E-state index in [0.717, 1.165) is 47.2 Å². The monoisotopic (exact) mass is 394 g/mol. The van der Waals surface area contributed by atoms with E-state index in [1.165, 1.54) is 0 Å². The van der Waals surface area contributed by atoms with Gasteiger partial charge in [-0.25, -0.2) is 15.0 Å². The highest BCUT2D eigenvalue weighted by atomic mass is 32.2. The molecule has 0 aliphatic carbocycles. The van der Waals surface area contributed by atoms with Crippen LogP contribution in [-0.2, 0) is 0 Å². The van der Waals surface area contributed by atoms with Gasteiger partial charge in [-0.1, -0.05) is 17.7 Å². The smallest absolute Gasteiger partial charge is 0.275 e. The summed E-state index contributed by atoms with van der Waals surface area (Å²) < 4.78 is 1.75. The van der Waals surface area contributed by atoms with Crippen LogP contribution in [0.3, 0.4) is 0 Å². The highest BCUT2D eigenvalue weighted by Gasteiger charge is 2.15. The summed E-state index contributed by atoms with van der Waals surface area (Å²) in [5, 5.41) is 2.92. The number of carbonyl (C=O) groups is 1. The highest BCUT2D eigenvalue weighted by Crippen LogP contribution is 2.20. The van der Waals surface area contributed by atoms with Crippen molar-refractivity contribution in [1.29, 1.82) is 0 Å². The van der Waals surface area contributed by atoms with Crippen LogP contribution in [0.5, 0.6) is 0 Å². The van der Waals surface area contributed by atoms with Crippen molar-refractivity contribution in [2.24, 2.45) is 0 Å². The summed E-state index contributed by atoms with van der Waals surface area (Å²) in [5.74, 6) is 3.56. The molecule has 0 atom stereocenters. The zero-order chi connectivity index (χ0) is 19.5. The lowest BCUT2D eigenvalue weighted by atomic mass is 10.1. The molecule has 0 bridgehead atoms. The number of anilines is 2. The molecule has 8 heteroatoms. The number of imidazole rings is 1. The average molecular weight is 395 g/mol. The molecule has 1 N–H and O–H groups in total. The van der Waals surface area contributed by atoms with Gasteiger partial charge in [-0.2, -0.15) is 11.8 Å². The number of hydrogen-bond donors (Lipinski definition) is 1. The van der Waals surface area contributed by atoms with E-state index in [1.807, 2.05) is 49.9 Å². The minimum Gasteiger partial charge on any atom is -0.355 e. The summed E-state index contributed by atoms with van der Waals surface area (Å²) in [4.78, 5) is 27.8. The number of rotatable bonds is 4. The number of benzene rings is 1. The molecule has 3 heterocycles. The third kappa shape index (κ3) is 4.01. The summed E-state index contributed by atoms with van der Waals surface area (Å²) in [6, 6.07) is 7.86. The minimum atomic E-state index is -0.243. The van der Waals surface area contributed by atoms with Gasteiger partial charge in [-0.15, -0.1) is 0 Å². The minimum absolute atomic E-state index is 0.243. The van der Waals surface area contributed by atoms with Crippen LogP contribution >= 0.6 is 11.8 Å². The number of nitrogens with one attached hydrogen (secondary N) is 1. The van der Waals surface area contributed by atoms with Crippen molar-refractivity contribution in [3.8, 4) is 5.82 Å². The Bertz CT molecular complexity index is 996. The van der Waals surface area contributed by atoms with Crippen LogP contribution in [0.2, 0.25) is 0 Å². The first kappa shape index (κ1) is 18.5. The molecule has 1 aliphatic heterocycles. The summed E-state index contributed by atoms with van der Waals surface area (Å²) in [5.41, 5.74) is 3.31. The largest absolute Gasteiger partial charge is 0.355 e. The molecule has 4 rings (SSSR count). The van der Waals surface area contributed by atoms with Gasteiger partial charge in [0.2, 0.25) is 0 Å². The standard InChI is InChI=1S/C20H22N6OS/c1-14-3-4-16(15(2)9-14)24-20(27)17-11-26(13-23-17)19-10-18(21-12-22-19)25-5-7-28-8-6-25/h3-4,9-13H,5-8H2,1-2H3,(H,24,27). The first-order valence-corrected chi connectivity index (χ1v) is 10.3. The Labute approximate surface area is 168 Å². The Hall–Kier alpha value is -2.87. The summed E-state index contributed by atoms with van der Waals surface area (Å²) in [7, 11) is 0. The predicted octanol–water partition coefficient (Wildman–Crippen LogP) is 3.08. The SMILES string of the molecule is Cc1ccc(NC(=O)c2cn(-c3cc(N4CCSCC4)ncn3)cn2)c(C)c1. The Morgan fingerprint density at radius 1 is 1.07 bits per heavy atom. The number of amides is 1. The van der Waals surface area contributed by atoms with E-state index in [1.54, 1.807) is 23.4 Å². The fourth-order valence-electron chi connectivity index (χ4n) is 3.15. The van der Waals surface area contributed by atoms with E-state index in [2.05, 4.69) is 25.2 Å². The Balaban J connectivity index is 1.51. The molecule has 3 aromatic rings. The van der Waals surface area contributed by atoms with E-state index in [-0.39, 0.29) is 5.91 Å². The van der Waals surface area contributed by atoms with Crippen LogP contribution in [0.1, 0.15) is 21.6 Å². The third-order valence-electron chi connectivity index (χ3n) is 4.68. The van der Waals surface area contributed by atoms with Crippen molar-refractivity contribution in [3.05, 3.63) is 59.9 Å². The van der Waals surface area contributed by atoms with Crippen molar-refractivity contribution in [1.82, 2.24) is 19.5 Å². The quantitative estimate of drug-likeness (QED) is 0.733. The van der Waals surface area contributed by atoms with Gasteiger partial charge < -0.3 is 10.2 Å². The number of aromatic nitrogens is 4. The number of thioether (sulfide) groups is 1. The maximum absolute atomic E-state index is 12.6. The van der Waals surface area contributed by atoms with E-state index in [0.29, 0.717) is 11.5 Å². The summed E-state index contributed by atoms with van der Waals surface area (Å²) in [6.07, 6.45) is 4.86. The van der Waals surface area contributed by atoms with Crippen LogP contribution in [0.25, 0.3) is 5.82 Å². The third-order valence-corrected chi connectivity index (χ3v) is 5.63. The van der Waals surface area contributed by atoms with Crippen molar-refractivity contribution >= 4 is 29.2 Å². The average Bonchev–Trinajstić information content (AvgIpc) is 3.21. The van der Waals surface area contributed by atoms with Crippen LogP contribution in [0.4, 0.5) is 11.5 Å². The van der Waals surface area contributed by atoms with Gasteiger partial charge in [0.25, 0.3) is 5.91 Å². The lowest BCUT2D eigenvalue weighted by molar-refractivity contribution is 0.102. The molecule has 1 saturated heterocycles. The molecule has 1 aromatic carbocycles. The van der Waals surface area contributed by atoms with Crippen LogP contribution in [0, 0.1) is 13.8 Å². The van der Waals surface area contributed by atoms with Gasteiger partial charge in [0.15, 0.2) is 0 Å². The molecular weight excluding hydrogens is 372 g/mol. The molecule has 1 aliphatic rings. The molecule has 0 radical (unpaired) electrons. The maximum atomic E-state index is 12.6. The van der Waals surface area contributed by atoms with Crippen LogP contribution in [0.15, 0.2) is 43.1 Å². The fraction of sp³-hybridized carbons (Fsp3) is 0.300. The molecule has 0 saturated carbocycles. The van der Waals surface area contributed by atoms with Crippen molar-refractivity contribution in [3.63, 3.8) is 0 Å². The lowest BCUT2D eigenvalue weighted by Crippen LogP contribution is -2.33. The normalized spacial score (nSPS) is 14.1. The summed E-state index contributed by atoms with van der Waals surface area (Å²) in [6.45, 7) is 5.96. The molecule has 28 heavy (non-hydrogen) atoms. The number of nitrogens with zero attached hydrogens (tertiary/aromatic N) is 5. The van der Waals surface area contributed by atoms with Gasteiger partial charge in [0.1, 0.15) is 30.0 Å². The molecular formula is C20H22N6OS. The zero-order valence-electron chi connectivity index (χ0n) is 15.9. The highest BCUT2D eigenvalue weighted by molar-refractivity contribution is 7.99. The second-order valence-corrected chi connectivity index (χ2v) is 8.00. The molecule has 144 valence electrons. The van der Waals surface area contributed by atoms with Gasteiger partial charge in [-0.05, 0) is 25.5 Å². The van der Waals surface area contributed by atoms with Gasteiger partial charge >= 0.3 is 0 Å². The molecule has 1 amide bonds. The van der Waals surface area contributed by atoms with Gasteiger partial charge in [0.05, 0.1) is 0 Å². The number of hydrogen-bond acceptors (Lipinski definition) is 6. The zero-order valence-corrected chi connectivity index (χ0v) is 16.7. The fourth-order valence-corrected chi connectivity index (χ4v) is 4.05. The molecule has 1 fully saturated rings. The van der Waals surface area contributed by atoms with E-state index in [9.17, 15) is 4.79 Å². The Morgan fingerprint density at radius 3 is 2.64 bits per heavy atom. The second-order valence-electron chi connectivity index (χ2n) is 6.77. The van der Waals surface area contributed by atoms with Crippen molar-refractivity contribution in [2.45, 2.75) is 13.8 Å². The van der Waals surface area contributed by atoms with Gasteiger partial charge in [0, 0.05) is 42.5 Å². The molecule has 2 aromatic heterocycles. The maximum Gasteiger partial charge on any atom is 0.275 e. The van der Waals surface area contributed by atoms with E-state index in [4.69, 9.17) is 0 Å². The Kier molecular flexibility index (Phi) is 5.29. The van der Waals surface area contributed by atoms with Gasteiger partial charge in [-0.3, -0.25) is 9.36 Å². The van der Waals surface area contributed by atoms with E-state index >= 15 is 0 Å². The topological polar surface area (TPSA) is 75.9 Å². The first-order valence-electron chi connectivity index (χ1n) is 9.18. The molecule has 0 spiro atoms.